The number of anilines is 1. The molecule has 1 saturated carbocycles. The lowest BCUT2D eigenvalue weighted by Gasteiger charge is -2.27. The number of amides is 1. The van der Waals surface area contributed by atoms with E-state index in [-0.39, 0.29) is 23.1 Å². The Bertz CT molecular complexity index is 1960. The Hall–Kier alpha value is -4.69. The van der Waals surface area contributed by atoms with Gasteiger partial charge in [-0.2, -0.15) is 4.31 Å². The maximum absolute atomic E-state index is 15.4. The fraction of sp³-hybridized carbons (Fsp3) is 0.278. The second kappa shape index (κ2) is 15.5. The minimum atomic E-state index is -5.47. The standard InChI is InChI=1S/C36H32F6N2O5S/c1-43(50(47,48)35-33(41)31(39)30(38)32(40)34(35)42)20-29(45)44(19-22-12-14-25(15-13-22)24-10-6-3-7-11-24)26-16-17-27(28(37)18-26)36(46)49-21-23-8-4-2-5-9-23/h2,4-5,8-9,12-18,24H,3,6-7,10-11,19-21H2,1H3. The average molecular weight is 719 g/mol. The Morgan fingerprint density at radius 1 is 0.760 bits per heavy atom. The second-order valence-electron chi connectivity index (χ2n) is 11.9. The van der Waals surface area contributed by atoms with E-state index in [0.717, 1.165) is 55.3 Å². The number of halogens is 6. The maximum Gasteiger partial charge on any atom is 0.341 e. The number of esters is 1. The molecule has 0 radical (unpaired) electrons. The predicted molar refractivity (Wildman–Crippen MR) is 171 cm³/mol. The van der Waals surface area contributed by atoms with E-state index in [4.69, 9.17) is 4.74 Å². The van der Waals surface area contributed by atoms with Gasteiger partial charge in [-0.1, -0.05) is 73.9 Å². The number of rotatable bonds is 11. The first kappa shape index (κ1) is 36.6. The van der Waals surface area contributed by atoms with Crippen molar-refractivity contribution in [3.63, 3.8) is 0 Å². The zero-order valence-corrected chi connectivity index (χ0v) is 27.6. The van der Waals surface area contributed by atoms with E-state index in [1.54, 1.807) is 42.5 Å². The highest BCUT2D eigenvalue weighted by atomic mass is 32.2. The molecule has 1 amide bonds. The van der Waals surface area contributed by atoms with Crippen LogP contribution < -0.4 is 4.90 Å². The first-order chi connectivity index (χ1) is 23.8. The molecule has 1 fully saturated rings. The molecule has 14 heteroatoms. The van der Waals surface area contributed by atoms with E-state index in [2.05, 4.69) is 0 Å². The lowest BCUT2D eigenvalue weighted by molar-refractivity contribution is -0.118. The summed E-state index contributed by atoms with van der Waals surface area (Å²) in [6.45, 7) is -1.52. The van der Waals surface area contributed by atoms with Gasteiger partial charge in [-0.15, -0.1) is 0 Å². The first-order valence-corrected chi connectivity index (χ1v) is 17.1. The van der Waals surface area contributed by atoms with Crippen molar-refractivity contribution < 1.29 is 49.1 Å². The van der Waals surface area contributed by atoms with E-state index in [1.165, 1.54) is 12.5 Å². The molecule has 0 aromatic heterocycles. The highest BCUT2D eigenvalue weighted by molar-refractivity contribution is 7.89. The molecule has 1 aliphatic rings. The molecule has 0 unspecified atom stereocenters. The number of carbonyl (C=O) groups excluding carboxylic acids is 2. The van der Waals surface area contributed by atoms with E-state index in [0.29, 0.717) is 17.0 Å². The first-order valence-electron chi connectivity index (χ1n) is 15.7. The van der Waals surface area contributed by atoms with Gasteiger partial charge in [0.2, 0.25) is 21.7 Å². The van der Waals surface area contributed by atoms with E-state index >= 15 is 4.39 Å². The van der Waals surface area contributed by atoms with Gasteiger partial charge in [0.15, 0.2) is 28.2 Å². The van der Waals surface area contributed by atoms with Crippen molar-refractivity contribution in [3.05, 3.63) is 130 Å². The summed E-state index contributed by atoms with van der Waals surface area (Å²) in [7, 11) is -4.75. The molecule has 4 aromatic carbocycles. The lowest BCUT2D eigenvalue weighted by atomic mass is 9.84. The molecule has 0 bridgehead atoms. The van der Waals surface area contributed by atoms with Crippen LogP contribution in [0.3, 0.4) is 0 Å². The number of hydrogen-bond acceptors (Lipinski definition) is 5. The van der Waals surface area contributed by atoms with Gasteiger partial charge < -0.3 is 9.64 Å². The van der Waals surface area contributed by atoms with Crippen LogP contribution in [0.15, 0.2) is 77.7 Å². The monoisotopic (exact) mass is 718 g/mol. The predicted octanol–water partition coefficient (Wildman–Crippen LogP) is 7.78. The molecule has 0 heterocycles. The van der Waals surface area contributed by atoms with Crippen LogP contribution in [-0.2, 0) is 32.7 Å². The number of hydrogen-bond donors (Lipinski definition) is 0. The molecule has 0 aliphatic heterocycles. The van der Waals surface area contributed by atoms with E-state index in [9.17, 15) is 40.0 Å². The molecule has 7 nitrogen and oxygen atoms in total. The number of sulfonamides is 1. The Morgan fingerprint density at radius 3 is 1.96 bits per heavy atom. The molecular weight excluding hydrogens is 686 g/mol. The Labute approximate surface area is 285 Å². The van der Waals surface area contributed by atoms with Gasteiger partial charge in [-0.25, -0.2) is 39.6 Å². The van der Waals surface area contributed by atoms with Gasteiger partial charge in [-0.3, -0.25) is 4.79 Å². The van der Waals surface area contributed by atoms with Crippen molar-refractivity contribution >= 4 is 27.6 Å². The van der Waals surface area contributed by atoms with Crippen molar-refractivity contribution in [1.82, 2.24) is 4.31 Å². The third-order valence-electron chi connectivity index (χ3n) is 8.59. The summed E-state index contributed by atoms with van der Waals surface area (Å²) in [4.78, 5) is 25.2. The maximum atomic E-state index is 15.4. The summed E-state index contributed by atoms with van der Waals surface area (Å²) in [6, 6.07) is 19.2. The lowest BCUT2D eigenvalue weighted by Crippen LogP contribution is -2.41. The quantitative estimate of drug-likeness (QED) is 0.0685. The van der Waals surface area contributed by atoms with Crippen molar-refractivity contribution in [2.45, 2.75) is 56.1 Å². The highest BCUT2D eigenvalue weighted by Gasteiger charge is 2.37. The number of carbonyl (C=O) groups is 2. The van der Waals surface area contributed by atoms with E-state index in [1.807, 2.05) is 12.1 Å². The summed E-state index contributed by atoms with van der Waals surface area (Å²) in [6.07, 6.45) is 5.45. The number of likely N-dealkylation sites (N-methyl/N-ethyl adjacent to an activating group) is 1. The van der Waals surface area contributed by atoms with Crippen molar-refractivity contribution in [2.75, 3.05) is 18.5 Å². The van der Waals surface area contributed by atoms with Gasteiger partial charge >= 0.3 is 5.97 Å². The SMILES string of the molecule is CN(CC(=O)N(Cc1ccc(C2CCCCC2)cc1)c1ccc(C(=O)OCc2ccccc2)c(F)c1)S(=O)(=O)c1c(F)c(F)c(F)c(F)c1F. The third kappa shape index (κ3) is 7.86. The summed E-state index contributed by atoms with van der Waals surface area (Å²) < 4.78 is 117. The van der Waals surface area contributed by atoms with Gasteiger partial charge in [0.1, 0.15) is 12.4 Å². The summed E-state index contributed by atoms with van der Waals surface area (Å²) in [5.74, 6) is -15.4. The molecular formula is C36H32F6N2O5S. The van der Waals surface area contributed by atoms with Crippen LogP contribution in [0.5, 0.6) is 0 Å². The number of benzene rings is 4. The van der Waals surface area contributed by atoms with Crippen LogP contribution >= 0.6 is 0 Å². The zero-order valence-electron chi connectivity index (χ0n) is 26.8. The van der Waals surface area contributed by atoms with Crippen LogP contribution in [0, 0.1) is 34.9 Å². The molecule has 0 atom stereocenters. The molecule has 0 spiro atoms. The smallest absolute Gasteiger partial charge is 0.341 e. The van der Waals surface area contributed by atoms with Crippen LogP contribution in [0.25, 0.3) is 0 Å². The topological polar surface area (TPSA) is 84.0 Å². The Kier molecular flexibility index (Phi) is 11.3. The number of ether oxygens (including phenoxy) is 1. The van der Waals surface area contributed by atoms with Crippen molar-refractivity contribution in [3.8, 4) is 0 Å². The Morgan fingerprint density at radius 2 is 1.36 bits per heavy atom. The molecule has 0 saturated heterocycles. The Balaban J connectivity index is 1.43. The largest absolute Gasteiger partial charge is 0.457 e. The number of nitrogens with zero attached hydrogens (tertiary/aromatic N) is 2. The molecule has 50 heavy (non-hydrogen) atoms. The molecule has 4 aromatic rings. The van der Waals surface area contributed by atoms with E-state index < -0.39 is 73.8 Å². The summed E-state index contributed by atoms with van der Waals surface area (Å²) in [5, 5.41) is 0. The fourth-order valence-electron chi connectivity index (χ4n) is 5.80. The third-order valence-corrected chi connectivity index (χ3v) is 10.4. The highest BCUT2D eigenvalue weighted by Crippen LogP contribution is 2.33. The summed E-state index contributed by atoms with van der Waals surface area (Å²) in [5.41, 5.74) is 1.75. The summed E-state index contributed by atoms with van der Waals surface area (Å²) >= 11 is 0. The van der Waals surface area contributed by atoms with Gasteiger partial charge in [-0.05, 0) is 53.6 Å². The fourth-order valence-corrected chi connectivity index (χ4v) is 7.03. The van der Waals surface area contributed by atoms with Crippen molar-refractivity contribution in [2.24, 2.45) is 0 Å². The van der Waals surface area contributed by atoms with Crippen LogP contribution in [0.2, 0.25) is 0 Å². The van der Waals surface area contributed by atoms with Crippen LogP contribution in [0.4, 0.5) is 32.0 Å². The normalized spacial score (nSPS) is 13.8. The average Bonchev–Trinajstić information content (AvgIpc) is 3.12. The van der Waals surface area contributed by atoms with Gasteiger partial charge in [0.25, 0.3) is 0 Å². The van der Waals surface area contributed by atoms with Crippen molar-refractivity contribution in [1.29, 1.82) is 0 Å². The minimum absolute atomic E-state index is 0.120. The molecule has 5 rings (SSSR count). The van der Waals surface area contributed by atoms with Gasteiger partial charge in [0.05, 0.1) is 18.7 Å². The van der Waals surface area contributed by atoms with Crippen LogP contribution in [-0.4, -0.2) is 38.2 Å². The second-order valence-corrected chi connectivity index (χ2v) is 13.9. The minimum Gasteiger partial charge on any atom is -0.457 e. The zero-order chi connectivity index (χ0) is 36.2. The molecule has 0 N–H and O–H groups in total. The van der Waals surface area contributed by atoms with Gasteiger partial charge in [0, 0.05) is 12.7 Å². The molecule has 1 aliphatic carbocycles. The van der Waals surface area contributed by atoms with Crippen LogP contribution in [0.1, 0.15) is 65.1 Å². The molecule has 264 valence electrons.